The van der Waals surface area contributed by atoms with Crippen molar-refractivity contribution in [3.05, 3.63) is 23.9 Å². The zero-order chi connectivity index (χ0) is 16.1. The van der Waals surface area contributed by atoms with Crippen LogP contribution >= 0.6 is 24.8 Å². The fraction of sp³-hybridized carbons (Fsp3) is 0.625. The number of anilines is 1. The molecule has 0 bridgehead atoms. The fourth-order valence-electron chi connectivity index (χ4n) is 2.74. The van der Waals surface area contributed by atoms with E-state index < -0.39 is 0 Å². The lowest BCUT2D eigenvalue weighted by Crippen LogP contribution is -2.34. The lowest BCUT2D eigenvalue weighted by Gasteiger charge is -2.26. The van der Waals surface area contributed by atoms with Crippen LogP contribution in [0, 0.1) is 5.92 Å². The number of aliphatic hydroxyl groups is 1. The van der Waals surface area contributed by atoms with Gasteiger partial charge in [0.1, 0.15) is 5.82 Å². The Bertz CT molecular complexity index is 499. The highest BCUT2D eigenvalue weighted by Crippen LogP contribution is 2.14. The highest BCUT2D eigenvalue weighted by Gasteiger charge is 2.25. The van der Waals surface area contributed by atoms with E-state index in [4.69, 9.17) is 0 Å². The maximum absolute atomic E-state index is 12.1. The van der Waals surface area contributed by atoms with Gasteiger partial charge in [-0.3, -0.25) is 4.79 Å². The van der Waals surface area contributed by atoms with E-state index in [0.717, 1.165) is 18.9 Å². The number of aromatic nitrogens is 1. The average Bonchev–Trinajstić information content (AvgIpc) is 2.91. The van der Waals surface area contributed by atoms with Gasteiger partial charge in [0.15, 0.2) is 0 Å². The Kier molecular flexibility index (Phi) is 10.2. The van der Waals surface area contributed by atoms with Gasteiger partial charge in [-0.1, -0.05) is 0 Å². The van der Waals surface area contributed by atoms with Crippen LogP contribution in [0.1, 0.15) is 31.1 Å². The van der Waals surface area contributed by atoms with Crippen LogP contribution in [0.3, 0.4) is 0 Å². The van der Waals surface area contributed by atoms with Gasteiger partial charge in [0.25, 0.3) is 5.91 Å². The predicted octanol–water partition coefficient (Wildman–Crippen LogP) is 1.47. The summed E-state index contributed by atoms with van der Waals surface area (Å²) in [6, 6.07) is 4.05. The third-order valence-corrected chi connectivity index (χ3v) is 4.10. The van der Waals surface area contributed by atoms with Crippen LogP contribution in [0.25, 0.3) is 0 Å². The highest BCUT2D eigenvalue weighted by atomic mass is 35.5. The Morgan fingerprint density at radius 3 is 2.58 bits per heavy atom. The van der Waals surface area contributed by atoms with Crippen molar-refractivity contribution in [2.75, 3.05) is 31.1 Å². The summed E-state index contributed by atoms with van der Waals surface area (Å²) in [5, 5.41) is 15.7. The van der Waals surface area contributed by atoms with Crippen molar-refractivity contribution in [3.8, 4) is 0 Å². The summed E-state index contributed by atoms with van der Waals surface area (Å²) in [4.78, 5) is 18.7. The first kappa shape index (κ1) is 22.9. The molecule has 1 aliphatic heterocycles. The summed E-state index contributed by atoms with van der Waals surface area (Å²) in [6.45, 7) is 9.00. The van der Waals surface area contributed by atoms with E-state index in [2.05, 4.69) is 41.3 Å². The molecule has 0 aromatic carbocycles. The number of pyridine rings is 1. The summed E-state index contributed by atoms with van der Waals surface area (Å²) >= 11 is 0. The molecular formula is C16H28Cl2N4O2. The quantitative estimate of drug-likeness (QED) is 0.698. The van der Waals surface area contributed by atoms with Gasteiger partial charge in [-0.15, -0.1) is 24.8 Å². The molecule has 6 nitrogen and oxygen atoms in total. The van der Waals surface area contributed by atoms with Crippen LogP contribution in [0.5, 0.6) is 0 Å². The van der Waals surface area contributed by atoms with Gasteiger partial charge in [-0.25, -0.2) is 4.98 Å². The Balaban J connectivity index is 0.00000264. The molecule has 1 saturated heterocycles. The van der Waals surface area contributed by atoms with Crippen molar-refractivity contribution in [2.24, 2.45) is 5.92 Å². The van der Waals surface area contributed by atoms with E-state index in [1.165, 1.54) is 0 Å². The number of hydrogen-bond donors (Lipinski definition) is 3. The number of aliphatic hydroxyl groups excluding tert-OH is 1. The van der Waals surface area contributed by atoms with Crippen molar-refractivity contribution in [3.63, 3.8) is 0 Å². The molecule has 2 heterocycles. The average molecular weight is 379 g/mol. The van der Waals surface area contributed by atoms with Crippen molar-refractivity contribution in [1.29, 1.82) is 0 Å². The van der Waals surface area contributed by atoms with Gasteiger partial charge in [0, 0.05) is 44.3 Å². The fourth-order valence-corrected chi connectivity index (χ4v) is 2.74. The van der Waals surface area contributed by atoms with Crippen molar-refractivity contribution in [2.45, 2.75) is 32.9 Å². The van der Waals surface area contributed by atoms with Crippen LogP contribution < -0.4 is 15.5 Å². The molecule has 2 atom stereocenters. The summed E-state index contributed by atoms with van der Waals surface area (Å²) in [5.74, 6) is 0.808. The molecule has 1 fully saturated rings. The summed E-state index contributed by atoms with van der Waals surface area (Å²) < 4.78 is 0. The van der Waals surface area contributed by atoms with Gasteiger partial charge < -0.3 is 20.6 Å². The largest absolute Gasteiger partial charge is 0.391 e. The molecule has 24 heavy (non-hydrogen) atoms. The third-order valence-electron chi connectivity index (χ3n) is 4.10. The number of carbonyl (C=O) groups is 1. The number of halogens is 2. The molecule has 1 amide bonds. The van der Waals surface area contributed by atoms with Gasteiger partial charge in [-0.05, 0) is 32.9 Å². The molecule has 8 heteroatoms. The number of amides is 1. The zero-order valence-corrected chi connectivity index (χ0v) is 16.0. The Labute approximate surface area is 156 Å². The number of β-amino-alcohol motifs (C(OH)–C–C–N with tert-alkyl or cyclic N) is 1. The van der Waals surface area contributed by atoms with Crippen LogP contribution in [0.15, 0.2) is 18.3 Å². The summed E-state index contributed by atoms with van der Waals surface area (Å²) in [6.07, 6.45) is 1.23. The lowest BCUT2D eigenvalue weighted by atomic mass is 10.1. The highest BCUT2D eigenvalue weighted by molar-refractivity contribution is 5.94. The maximum atomic E-state index is 12.1. The van der Waals surface area contributed by atoms with Gasteiger partial charge in [0.2, 0.25) is 0 Å². The Hall–Kier alpha value is -1.08. The third kappa shape index (κ3) is 5.77. The van der Waals surface area contributed by atoms with Crippen molar-refractivity contribution >= 4 is 36.5 Å². The van der Waals surface area contributed by atoms with E-state index in [-0.39, 0.29) is 42.7 Å². The molecular weight excluding hydrogens is 351 g/mol. The minimum absolute atomic E-state index is 0. The van der Waals surface area contributed by atoms with Crippen LogP contribution in [0.4, 0.5) is 5.82 Å². The molecule has 1 aromatic heterocycles. The molecule has 0 spiro atoms. The molecule has 1 aliphatic rings. The first-order valence-corrected chi connectivity index (χ1v) is 7.92. The molecule has 0 radical (unpaired) electrons. The number of rotatable bonds is 6. The summed E-state index contributed by atoms with van der Waals surface area (Å²) in [5.41, 5.74) is 0.545. The molecule has 2 rings (SSSR count). The second-order valence-corrected chi connectivity index (χ2v) is 5.98. The maximum Gasteiger partial charge on any atom is 0.252 e. The van der Waals surface area contributed by atoms with Crippen LogP contribution in [0.2, 0.25) is 0 Å². The molecule has 0 aliphatic carbocycles. The standard InChI is InChI=1S/C16H26N4O2.2ClH/c1-4-20(11(2)3)15-6-5-12(8-18-15)16(22)19-9-13-7-17-10-14(13)21;;/h5-6,8,11,13-14,17,21H,4,7,9-10H2,1-3H3,(H,19,22);2*1H. The van der Waals surface area contributed by atoms with E-state index in [0.29, 0.717) is 24.7 Å². The van der Waals surface area contributed by atoms with E-state index in [1.54, 1.807) is 12.3 Å². The smallest absolute Gasteiger partial charge is 0.252 e. The number of carbonyl (C=O) groups excluding carboxylic acids is 1. The van der Waals surface area contributed by atoms with Gasteiger partial charge in [0.05, 0.1) is 11.7 Å². The molecule has 3 N–H and O–H groups in total. The van der Waals surface area contributed by atoms with Crippen molar-refractivity contribution in [1.82, 2.24) is 15.6 Å². The molecule has 2 unspecified atom stereocenters. The molecule has 1 aromatic rings. The second-order valence-electron chi connectivity index (χ2n) is 5.98. The Morgan fingerprint density at radius 2 is 2.12 bits per heavy atom. The topological polar surface area (TPSA) is 77.5 Å². The monoisotopic (exact) mass is 378 g/mol. The van der Waals surface area contributed by atoms with Crippen LogP contribution in [-0.2, 0) is 0 Å². The zero-order valence-electron chi connectivity index (χ0n) is 14.4. The minimum atomic E-state index is -0.384. The molecule has 0 saturated carbocycles. The van der Waals surface area contributed by atoms with E-state index in [9.17, 15) is 9.90 Å². The normalized spacial score (nSPS) is 19.4. The SMILES string of the molecule is CCN(c1ccc(C(=O)NCC2CNCC2O)cn1)C(C)C.Cl.Cl. The van der Waals surface area contributed by atoms with Gasteiger partial charge in [-0.2, -0.15) is 0 Å². The predicted molar refractivity (Wildman–Crippen MR) is 102 cm³/mol. The first-order chi connectivity index (χ1) is 10.5. The van der Waals surface area contributed by atoms with E-state index >= 15 is 0 Å². The number of nitrogens with zero attached hydrogens (tertiary/aromatic N) is 2. The van der Waals surface area contributed by atoms with Crippen molar-refractivity contribution < 1.29 is 9.90 Å². The minimum Gasteiger partial charge on any atom is -0.391 e. The molecule has 138 valence electrons. The lowest BCUT2D eigenvalue weighted by molar-refractivity contribution is 0.0926. The number of nitrogens with one attached hydrogen (secondary N) is 2. The first-order valence-electron chi connectivity index (χ1n) is 7.92. The van der Waals surface area contributed by atoms with Gasteiger partial charge >= 0.3 is 0 Å². The Morgan fingerprint density at radius 1 is 1.42 bits per heavy atom. The number of hydrogen-bond acceptors (Lipinski definition) is 5. The summed E-state index contributed by atoms with van der Waals surface area (Å²) in [7, 11) is 0. The second kappa shape index (κ2) is 10.7. The van der Waals surface area contributed by atoms with E-state index in [1.807, 2.05) is 6.07 Å². The van der Waals surface area contributed by atoms with Crippen LogP contribution in [-0.4, -0.2) is 54.3 Å².